The van der Waals surface area contributed by atoms with E-state index in [-0.39, 0.29) is 11.1 Å². The van der Waals surface area contributed by atoms with E-state index in [1.165, 1.54) is 11.1 Å². The number of rotatable bonds is 3. The van der Waals surface area contributed by atoms with Crippen molar-refractivity contribution < 1.29 is 9.59 Å². The fraction of sp³-hybridized carbons (Fsp3) is 0.0714. The van der Waals surface area contributed by atoms with E-state index in [1.54, 1.807) is 43.4 Å². The van der Waals surface area contributed by atoms with Crippen molar-refractivity contribution in [1.82, 2.24) is 4.98 Å². The molecule has 0 unspecified atom stereocenters. The van der Waals surface area contributed by atoms with Crippen LogP contribution in [0.2, 0.25) is 5.15 Å². The van der Waals surface area contributed by atoms with Crippen LogP contribution in [0.15, 0.2) is 42.6 Å². The molecular formula is C14H12ClN3O2. The molecule has 0 atom stereocenters. The van der Waals surface area contributed by atoms with Crippen molar-refractivity contribution in [3.05, 3.63) is 58.9 Å². The van der Waals surface area contributed by atoms with Gasteiger partial charge in [0.2, 0.25) is 5.91 Å². The standard InChI is InChI=1S/C14H12ClN3O2/c1-18(10-5-2-4-9(8-10)13(16)19)14(20)11-6-3-7-17-12(11)15/h2-8H,1H3,(H2,16,19). The van der Waals surface area contributed by atoms with Crippen molar-refractivity contribution in [2.75, 3.05) is 11.9 Å². The Morgan fingerprint density at radius 1 is 1.25 bits per heavy atom. The Bertz CT molecular complexity index is 673. The number of nitrogens with zero attached hydrogens (tertiary/aromatic N) is 2. The lowest BCUT2D eigenvalue weighted by atomic mass is 10.1. The molecule has 0 fully saturated rings. The minimum absolute atomic E-state index is 0.135. The maximum atomic E-state index is 12.3. The lowest BCUT2D eigenvalue weighted by molar-refractivity contribution is 0.0985. The molecule has 1 aromatic heterocycles. The van der Waals surface area contributed by atoms with Crippen LogP contribution in [0.25, 0.3) is 0 Å². The molecular weight excluding hydrogens is 278 g/mol. The maximum absolute atomic E-state index is 12.3. The molecule has 0 spiro atoms. The molecule has 6 heteroatoms. The Kier molecular flexibility index (Phi) is 4.00. The highest BCUT2D eigenvalue weighted by molar-refractivity contribution is 6.33. The molecule has 2 rings (SSSR count). The van der Waals surface area contributed by atoms with Crippen LogP contribution in [-0.4, -0.2) is 23.8 Å². The Balaban J connectivity index is 2.34. The summed E-state index contributed by atoms with van der Waals surface area (Å²) < 4.78 is 0. The summed E-state index contributed by atoms with van der Waals surface area (Å²) in [5.74, 6) is -0.864. The van der Waals surface area contributed by atoms with Crippen LogP contribution in [0.5, 0.6) is 0 Å². The summed E-state index contributed by atoms with van der Waals surface area (Å²) in [6.07, 6.45) is 1.51. The number of carbonyl (C=O) groups is 2. The molecule has 0 saturated heterocycles. The quantitative estimate of drug-likeness (QED) is 0.879. The minimum atomic E-state index is -0.549. The monoisotopic (exact) mass is 289 g/mol. The van der Waals surface area contributed by atoms with Gasteiger partial charge in [-0.05, 0) is 30.3 Å². The molecule has 20 heavy (non-hydrogen) atoms. The second-order valence-corrected chi connectivity index (χ2v) is 4.48. The van der Waals surface area contributed by atoms with Crippen molar-refractivity contribution >= 4 is 29.1 Å². The predicted octanol–water partition coefficient (Wildman–Crippen LogP) is 2.11. The Morgan fingerprint density at radius 2 is 2.00 bits per heavy atom. The van der Waals surface area contributed by atoms with E-state index < -0.39 is 5.91 Å². The number of primary amides is 1. The molecule has 0 saturated carbocycles. The van der Waals surface area contributed by atoms with Gasteiger partial charge in [-0.3, -0.25) is 9.59 Å². The van der Waals surface area contributed by atoms with Gasteiger partial charge in [-0.15, -0.1) is 0 Å². The van der Waals surface area contributed by atoms with Crippen LogP contribution in [0.3, 0.4) is 0 Å². The number of pyridine rings is 1. The fourth-order valence-corrected chi connectivity index (χ4v) is 1.91. The normalized spacial score (nSPS) is 10.1. The predicted molar refractivity (Wildman–Crippen MR) is 76.9 cm³/mol. The van der Waals surface area contributed by atoms with Gasteiger partial charge in [0, 0.05) is 24.5 Å². The molecule has 2 aromatic rings. The summed E-state index contributed by atoms with van der Waals surface area (Å²) in [6.45, 7) is 0. The first-order valence-electron chi connectivity index (χ1n) is 5.79. The minimum Gasteiger partial charge on any atom is -0.366 e. The van der Waals surface area contributed by atoms with E-state index in [9.17, 15) is 9.59 Å². The summed E-state index contributed by atoms with van der Waals surface area (Å²) in [5, 5.41) is 0.135. The number of aromatic nitrogens is 1. The van der Waals surface area contributed by atoms with Crippen molar-refractivity contribution in [2.24, 2.45) is 5.73 Å². The third-order valence-corrected chi connectivity index (χ3v) is 3.11. The number of halogens is 1. The molecule has 0 bridgehead atoms. The van der Waals surface area contributed by atoms with Gasteiger partial charge in [-0.1, -0.05) is 17.7 Å². The van der Waals surface area contributed by atoms with E-state index in [2.05, 4.69) is 4.98 Å². The second kappa shape index (κ2) is 5.71. The first kappa shape index (κ1) is 14.0. The first-order valence-corrected chi connectivity index (χ1v) is 6.17. The summed E-state index contributed by atoms with van der Waals surface area (Å²) >= 11 is 5.90. The number of carbonyl (C=O) groups excluding carboxylic acids is 2. The van der Waals surface area contributed by atoms with Crippen LogP contribution in [0.4, 0.5) is 5.69 Å². The second-order valence-electron chi connectivity index (χ2n) is 4.12. The summed E-state index contributed by atoms with van der Waals surface area (Å²) in [5.41, 5.74) is 6.39. The zero-order valence-electron chi connectivity index (χ0n) is 10.7. The third-order valence-electron chi connectivity index (χ3n) is 2.81. The van der Waals surface area contributed by atoms with E-state index >= 15 is 0 Å². The van der Waals surface area contributed by atoms with Crippen molar-refractivity contribution in [3.8, 4) is 0 Å². The fourth-order valence-electron chi connectivity index (χ4n) is 1.71. The highest BCUT2D eigenvalue weighted by Crippen LogP contribution is 2.20. The van der Waals surface area contributed by atoms with Gasteiger partial charge in [-0.2, -0.15) is 0 Å². The molecule has 2 amide bonds. The van der Waals surface area contributed by atoms with Gasteiger partial charge < -0.3 is 10.6 Å². The average molecular weight is 290 g/mol. The smallest absolute Gasteiger partial charge is 0.261 e. The molecule has 102 valence electrons. The van der Waals surface area contributed by atoms with Gasteiger partial charge in [-0.25, -0.2) is 4.98 Å². The van der Waals surface area contributed by atoms with E-state index in [0.717, 1.165) is 0 Å². The molecule has 1 heterocycles. The topological polar surface area (TPSA) is 76.3 Å². The number of anilines is 1. The maximum Gasteiger partial charge on any atom is 0.261 e. The largest absolute Gasteiger partial charge is 0.366 e. The molecule has 1 aromatic carbocycles. The van der Waals surface area contributed by atoms with Crippen molar-refractivity contribution in [1.29, 1.82) is 0 Å². The Labute approximate surface area is 121 Å². The highest BCUT2D eigenvalue weighted by atomic mass is 35.5. The number of amides is 2. The first-order chi connectivity index (χ1) is 9.50. The summed E-state index contributed by atoms with van der Waals surface area (Å²) in [7, 11) is 1.59. The SMILES string of the molecule is CN(C(=O)c1cccnc1Cl)c1cccc(C(N)=O)c1. The van der Waals surface area contributed by atoms with Gasteiger partial charge in [0.1, 0.15) is 5.15 Å². The molecule has 0 aliphatic carbocycles. The van der Waals surface area contributed by atoms with Crippen LogP contribution < -0.4 is 10.6 Å². The average Bonchev–Trinajstić information content (AvgIpc) is 2.46. The van der Waals surface area contributed by atoms with E-state index in [4.69, 9.17) is 17.3 Å². The number of hydrogen-bond donors (Lipinski definition) is 1. The highest BCUT2D eigenvalue weighted by Gasteiger charge is 2.17. The number of hydrogen-bond acceptors (Lipinski definition) is 3. The van der Waals surface area contributed by atoms with E-state index in [1.807, 2.05) is 0 Å². The molecule has 0 radical (unpaired) electrons. The van der Waals surface area contributed by atoms with Crippen LogP contribution in [0, 0.1) is 0 Å². The number of benzene rings is 1. The van der Waals surface area contributed by atoms with Gasteiger partial charge in [0.05, 0.1) is 5.56 Å². The third kappa shape index (κ3) is 2.78. The molecule has 5 nitrogen and oxygen atoms in total. The van der Waals surface area contributed by atoms with Crippen LogP contribution in [-0.2, 0) is 0 Å². The van der Waals surface area contributed by atoms with Gasteiger partial charge in [0.25, 0.3) is 5.91 Å². The summed E-state index contributed by atoms with van der Waals surface area (Å²) in [6, 6.07) is 9.71. The van der Waals surface area contributed by atoms with Gasteiger partial charge >= 0.3 is 0 Å². The van der Waals surface area contributed by atoms with Crippen LogP contribution in [0.1, 0.15) is 20.7 Å². The van der Waals surface area contributed by atoms with Gasteiger partial charge in [0.15, 0.2) is 0 Å². The molecule has 0 aliphatic heterocycles. The Morgan fingerprint density at radius 3 is 2.65 bits per heavy atom. The molecule has 2 N–H and O–H groups in total. The van der Waals surface area contributed by atoms with Crippen LogP contribution >= 0.6 is 11.6 Å². The zero-order chi connectivity index (χ0) is 14.7. The summed E-state index contributed by atoms with van der Waals surface area (Å²) in [4.78, 5) is 28.7. The number of nitrogens with two attached hydrogens (primary N) is 1. The van der Waals surface area contributed by atoms with Crippen molar-refractivity contribution in [3.63, 3.8) is 0 Å². The zero-order valence-corrected chi connectivity index (χ0v) is 11.5. The lowest BCUT2D eigenvalue weighted by Gasteiger charge is -2.18. The lowest BCUT2D eigenvalue weighted by Crippen LogP contribution is -2.27. The van der Waals surface area contributed by atoms with E-state index in [0.29, 0.717) is 16.8 Å². The van der Waals surface area contributed by atoms with Crippen molar-refractivity contribution in [2.45, 2.75) is 0 Å². The molecule has 0 aliphatic rings. The Hall–Kier alpha value is -2.40.